The van der Waals surface area contributed by atoms with E-state index in [0.717, 1.165) is 11.3 Å². The van der Waals surface area contributed by atoms with Gasteiger partial charge in [0.25, 0.3) is 0 Å². The minimum atomic E-state index is -4.64. The number of aromatic nitrogens is 1. The van der Waals surface area contributed by atoms with E-state index in [1.165, 1.54) is 19.1 Å². The predicted molar refractivity (Wildman–Crippen MR) is 110 cm³/mol. The number of anilines is 1. The third-order valence-corrected chi connectivity index (χ3v) is 5.57. The molecule has 2 aromatic carbocycles. The Balaban J connectivity index is 1.94. The van der Waals surface area contributed by atoms with Crippen molar-refractivity contribution in [3.05, 3.63) is 52.0 Å². The number of nitrogens with one attached hydrogen (secondary N) is 1. The molecule has 0 aliphatic rings. The van der Waals surface area contributed by atoms with Crippen molar-refractivity contribution in [2.24, 2.45) is 5.06 Å². The molecule has 150 valence electrons. The molecule has 1 unspecified atom stereocenters. The van der Waals surface area contributed by atoms with E-state index in [1.807, 2.05) is 0 Å². The van der Waals surface area contributed by atoms with E-state index in [1.54, 1.807) is 18.2 Å². The molecular weight excluding hydrogens is 442 g/mol. The van der Waals surface area contributed by atoms with E-state index < -0.39 is 20.4 Å². The van der Waals surface area contributed by atoms with Crippen molar-refractivity contribution in [2.75, 3.05) is 5.32 Å². The van der Waals surface area contributed by atoms with Crippen LogP contribution in [0.5, 0.6) is 5.75 Å². The van der Waals surface area contributed by atoms with Crippen LogP contribution in [0.15, 0.2) is 35.4 Å². The number of nitrogens with zero attached hydrogens (tertiary/aromatic N) is 2. The summed E-state index contributed by atoms with van der Waals surface area (Å²) in [6, 6.07) is 7.62. The number of carbonyl (C=O) groups is 1. The molecule has 1 heterocycles. The number of amides is 1. The first kappa shape index (κ1) is 21.4. The molecule has 0 spiro atoms. The number of aryl methyl sites for hydroxylation is 1. The van der Waals surface area contributed by atoms with Crippen LogP contribution in [-0.4, -0.2) is 23.4 Å². The zero-order chi connectivity index (χ0) is 21.2. The topological polar surface area (TPSA) is 110 Å². The molecule has 0 saturated heterocycles. The van der Waals surface area contributed by atoms with E-state index in [-0.39, 0.29) is 21.5 Å². The van der Waals surface area contributed by atoms with Crippen molar-refractivity contribution in [2.45, 2.75) is 13.6 Å². The number of halogens is 2. The fourth-order valence-electron chi connectivity index (χ4n) is 2.49. The molecule has 3 aromatic rings. The summed E-state index contributed by atoms with van der Waals surface area (Å²) in [6.45, 7) is 0.927. The summed E-state index contributed by atoms with van der Waals surface area (Å²) in [6.07, 6.45) is 0. The Morgan fingerprint density at radius 3 is 2.90 bits per heavy atom. The Morgan fingerprint density at radius 2 is 2.21 bits per heavy atom. The Bertz CT molecular complexity index is 1160. The van der Waals surface area contributed by atoms with E-state index in [2.05, 4.69) is 27.6 Å². The number of thiazole rings is 1. The van der Waals surface area contributed by atoms with E-state index >= 15 is 0 Å². The SMILES string of the molecule is B=NOP(=O)(O)Oc1c(C)cc(Cl)cc1C(=O)Nc1nc2ccc(CF)cc2s1. The second-order valence-electron chi connectivity index (χ2n) is 5.78. The molecule has 0 aliphatic heterocycles. The zero-order valence-electron chi connectivity index (χ0n) is 14.9. The number of rotatable bonds is 7. The molecule has 2 N–H and O–H groups in total. The number of carbonyl (C=O) groups excluding carboxylic acids is 1. The number of hydrogen-bond acceptors (Lipinski definition) is 7. The molecule has 1 atom stereocenters. The molecule has 0 saturated carbocycles. The molecule has 0 fully saturated rings. The number of benzene rings is 2. The molecule has 0 bridgehead atoms. The Hall–Kier alpha value is -2.33. The maximum absolute atomic E-state index is 12.8. The zero-order valence-corrected chi connectivity index (χ0v) is 17.4. The number of fused-ring (bicyclic) bond motifs is 1. The maximum atomic E-state index is 12.8. The first-order chi connectivity index (χ1) is 13.7. The normalized spacial score (nSPS) is 12.9. The molecule has 0 aliphatic carbocycles. The summed E-state index contributed by atoms with van der Waals surface area (Å²) in [5.74, 6) is -0.885. The molecule has 8 nitrogen and oxygen atoms in total. The second kappa shape index (κ2) is 8.58. The van der Waals surface area contributed by atoms with Crippen LogP contribution in [0.3, 0.4) is 0 Å². The van der Waals surface area contributed by atoms with Gasteiger partial charge in [0.05, 0.1) is 0 Å². The average molecular weight is 456 g/mol. The van der Waals surface area contributed by atoms with E-state index in [9.17, 15) is 18.6 Å². The number of phosphoric ester groups is 1. The third kappa shape index (κ3) is 5.00. The third-order valence-electron chi connectivity index (χ3n) is 3.68. The van der Waals surface area contributed by atoms with Gasteiger partial charge in [-0.25, -0.2) is 4.39 Å². The summed E-state index contributed by atoms with van der Waals surface area (Å²) in [7, 11) is -1.68. The summed E-state index contributed by atoms with van der Waals surface area (Å²) < 4.78 is 34.6. The molecule has 1 amide bonds. The molecular formula is C16H13BClFN3O5PS. The second-order valence-corrected chi connectivity index (χ2v) is 8.53. The molecule has 1 aromatic heterocycles. The summed E-state index contributed by atoms with van der Waals surface area (Å²) >= 11 is 7.17. The molecule has 13 heteroatoms. The van der Waals surface area contributed by atoms with Crippen LogP contribution < -0.4 is 9.84 Å². The van der Waals surface area contributed by atoms with Crippen molar-refractivity contribution < 1.29 is 27.8 Å². The van der Waals surface area contributed by atoms with Crippen LogP contribution in [0.4, 0.5) is 9.52 Å². The van der Waals surface area contributed by atoms with Crippen molar-refractivity contribution in [1.29, 1.82) is 0 Å². The van der Waals surface area contributed by atoms with Crippen LogP contribution in [-0.2, 0) is 15.9 Å². The van der Waals surface area contributed by atoms with Gasteiger partial charge in [-0.3, -0.25) is 0 Å². The van der Waals surface area contributed by atoms with Crippen LogP contribution in [0.25, 0.3) is 10.2 Å². The fourth-order valence-corrected chi connectivity index (χ4v) is 4.34. The molecule has 0 radical (unpaired) electrons. The summed E-state index contributed by atoms with van der Waals surface area (Å²) in [5.41, 5.74) is 1.29. The Labute approximate surface area is 174 Å². The van der Waals surface area contributed by atoms with Crippen LogP contribution in [0, 0.1) is 6.92 Å². The number of alkyl halides is 1. The first-order valence-corrected chi connectivity index (χ1v) is 10.7. The fraction of sp³-hybridized carbons (Fsp3) is 0.125. The van der Waals surface area contributed by atoms with Crippen LogP contribution >= 0.6 is 30.8 Å². The van der Waals surface area contributed by atoms with Gasteiger partial charge < -0.3 is 0 Å². The van der Waals surface area contributed by atoms with E-state index in [0.29, 0.717) is 21.3 Å². The Kier molecular flexibility index (Phi) is 6.33. The first-order valence-electron chi connectivity index (χ1n) is 7.96. The van der Waals surface area contributed by atoms with E-state index in [4.69, 9.17) is 16.1 Å². The Morgan fingerprint density at radius 1 is 1.45 bits per heavy atom. The van der Waals surface area contributed by atoms with Crippen LogP contribution in [0.2, 0.25) is 5.02 Å². The van der Waals surface area contributed by atoms with Crippen molar-refractivity contribution in [3.8, 4) is 5.75 Å². The number of phosphoric acid groups is 1. The van der Waals surface area contributed by atoms with Gasteiger partial charge in [0.1, 0.15) is 6.67 Å². The van der Waals surface area contributed by atoms with Crippen LogP contribution in [0.1, 0.15) is 21.5 Å². The molecule has 29 heavy (non-hydrogen) atoms. The van der Waals surface area contributed by atoms with Gasteiger partial charge >= 0.3 is 152 Å². The standard InChI is InChI=1S/C16H13BClFN3O5PS/c1-8-4-10(18)6-11(14(8)26-28(24,25)27-22-17)15(23)21-16-20-12-3-2-9(7-19)5-13(12)29-16/h2-6,17H,7H2,1H3,(H,24,25)(H,20,21,23). The quantitative estimate of drug-likeness (QED) is 0.309. The van der Waals surface area contributed by atoms with Gasteiger partial charge in [-0.1, -0.05) is 6.07 Å². The molecule has 3 rings (SSSR count). The minimum absolute atomic E-state index is 0.111. The van der Waals surface area contributed by atoms with Crippen molar-refractivity contribution in [3.63, 3.8) is 0 Å². The summed E-state index contributed by atoms with van der Waals surface area (Å²) in [4.78, 5) is 26.7. The average Bonchev–Trinajstić information content (AvgIpc) is 3.04. The van der Waals surface area contributed by atoms with Crippen molar-refractivity contribution in [1.82, 2.24) is 4.98 Å². The van der Waals surface area contributed by atoms with Gasteiger partial charge in [0, 0.05) is 0 Å². The predicted octanol–water partition coefficient (Wildman–Crippen LogP) is 4.48. The number of hydrogen-bond donors (Lipinski definition) is 2. The van der Waals surface area contributed by atoms with Gasteiger partial charge in [-0.2, -0.15) is 0 Å². The van der Waals surface area contributed by atoms with Gasteiger partial charge in [0.2, 0.25) is 0 Å². The van der Waals surface area contributed by atoms with Crippen molar-refractivity contribution >= 4 is 59.7 Å². The van der Waals surface area contributed by atoms with Gasteiger partial charge in [-0.15, -0.1) is 0 Å². The van der Waals surface area contributed by atoms with Gasteiger partial charge in [-0.05, 0) is 5.56 Å². The monoisotopic (exact) mass is 455 g/mol. The van der Waals surface area contributed by atoms with Gasteiger partial charge in [0.15, 0.2) is 0 Å². The summed E-state index contributed by atoms with van der Waals surface area (Å²) in [5, 5.41) is 5.93.